The normalized spacial score (nSPS) is 11.9. The van der Waals surface area contributed by atoms with Gasteiger partial charge in [0.15, 0.2) is 0 Å². The predicted octanol–water partition coefficient (Wildman–Crippen LogP) is 18.2. The molecule has 1 nitrogen and oxygen atoms in total. The zero-order valence-corrected chi connectivity index (χ0v) is 36.6. The van der Waals surface area contributed by atoms with Gasteiger partial charge in [-0.25, -0.2) is 0 Å². The average molecular weight is 848 g/mol. The van der Waals surface area contributed by atoms with E-state index >= 15 is 0 Å². The molecular formula is C66H41N. The molecule has 12 aromatic carbocycles. The molecule has 0 saturated heterocycles. The molecule has 0 atom stereocenters. The molecule has 67 heavy (non-hydrogen) atoms. The molecule has 0 spiro atoms. The maximum Gasteiger partial charge on any atom is 0.0547 e. The Bertz CT molecular complexity index is 3990. The van der Waals surface area contributed by atoms with Crippen LogP contribution in [0.2, 0.25) is 0 Å². The lowest BCUT2D eigenvalue weighted by Gasteiger charge is -2.26. The van der Waals surface area contributed by atoms with E-state index in [1.54, 1.807) is 0 Å². The lowest BCUT2D eigenvalue weighted by Crippen LogP contribution is -1.99. The number of fused-ring (bicyclic) bond motifs is 9. The van der Waals surface area contributed by atoms with Gasteiger partial charge in [0, 0.05) is 16.2 Å². The minimum absolute atomic E-state index is 1.17. The van der Waals surface area contributed by atoms with E-state index in [9.17, 15) is 0 Å². The van der Waals surface area contributed by atoms with E-state index in [2.05, 4.69) is 253 Å². The summed E-state index contributed by atoms with van der Waals surface area (Å²) in [5.74, 6) is 0. The molecule has 0 saturated carbocycles. The molecule has 0 fully saturated rings. The van der Waals surface area contributed by atoms with Gasteiger partial charge in [-0.1, -0.05) is 231 Å². The largest absolute Gasteiger partial charge is 0.309 e. The third-order valence-electron chi connectivity index (χ3n) is 14.3. The van der Waals surface area contributed by atoms with Gasteiger partial charge in [-0.2, -0.15) is 0 Å². The number of benzene rings is 12. The summed E-state index contributed by atoms with van der Waals surface area (Å²) in [6, 6.07) is 92.1. The molecule has 0 aliphatic heterocycles. The van der Waals surface area contributed by atoms with Crippen LogP contribution >= 0.6 is 0 Å². The third kappa shape index (κ3) is 5.62. The monoisotopic (exact) mass is 847 g/mol. The van der Waals surface area contributed by atoms with Crippen LogP contribution in [0.4, 0.5) is 0 Å². The lowest BCUT2D eigenvalue weighted by atomic mass is 9.76. The first-order valence-electron chi connectivity index (χ1n) is 23.3. The summed E-state index contributed by atoms with van der Waals surface area (Å²) in [4.78, 5) is 0. The quantitative estimate of drug-likeness (QED) is 0.157. The minimum Gasteiger partial charge on any atom is -0.309 e. The summed E-state index contributed by atoms with van der Waals surface area (Å²) >= 11 is 0. The van der Waals surface area contributed by atoms with Crippen LogP contribution in [0.3, 0.4) is 0 Å². The molecule has 1 aliphatic carbocycles. The Hall–Kier alpha value is -8.78. The van der Waals surface area contributed by atoms with E-state index in [4.69, 9.17) is 0 Å². The van der Waals surface area contributed by atoms with Crippen LogP contribution in [0, 0.1) is 0 Å². The Morgan fingerprint density at radius 3 is 1.30 bits per heavy atom. The topological polar surface area (TPSA) is 4.93 Å². The number of nitrogens with zero attached hydrogens (tertiary/aromatic N) is 1. The van der Waals surface area contributed by atoms with Gasteiger partial charge in [0.05, 0.1) is 16.7 Å². The van der Waals surface area contributed by atoms with E-state index < -0.39 is 0 Å². The highest BCUT2D eigenvalue weighted by molar-refractivity contribution is 6.28. The van der Waals surface area contributed by atoms with E-state index in [0.717, 1.165) is 0 Å². The van der Waals surface area contributed by atoms with Gasteiger partial charge >= 0.3 is 0 Å². The van der Waals surface area contributed by atoms with Gasteiger partial charge in [-0.05, 0) is 123 Å². The van der Waals surface area contributed by atoms with Crippen molar-refractivity contribution in [1.29, 1.82) is 0 Å². The van der Waals surface area contributed by atoms with E-state index in [1.807, 2.05) is 0 Å². The molecule has 0 radical (unpaired) electrons. The first kappa shape index (κ1) is 37.6. The first-order chi connectivity index (χ1) is 33.3. The zero-order valence-electron chi connectivity index (χ0n) is 36.6. The van der Waals surface area contributed by atoms with Crippen molar-refractivity contribution in [2.45, 2.75) is 0 Å². The highest BCUT2D eigenvalue weighted by Gasteiger charge is 2.34. The molecule has 0 amide bonds. The summed E-state index contributed by atoms with van der Waals surface area (Å²) < 4.78 is 2.55. The summed E-state index contributed by atoms with van der Waals surface area (Å²) in [6.07, 6.45) is 0. The molecule has 13 aromatic rings. The molecule has 1 heteroatoms. The van der Waals surface area contributed by atoms with Crippen LogP contribution in [-0.2, 0) is 0 Å². The van der Waals surface area contributed by atoms with Crippen LogP contribution < -0.4 is 0 Å². The summed E-state index contributed by atoms with van der Waals surface area (Å²) in [5, 5.41) is 10.1. The fourth-order valence-corrected chi connectivity index (χ4v) is 11.6. The van der Waals surface area contributed by atoms with Gasteiger partial charge in [0.25, 0.3) is 0 Å². The number of aromatic nitrogens is 1. The van der Waals surface area contributed by atoms with Gasteiger partial charge < -0.3 is 4.57 Å². The molecule has 0 unspecified atom stereocenters. The van der Waals surface area contributed by atoms with Crippen molar-refractivity contribution in [2.75, 3.05) is 0 Å². The molecule has 0 bridgehead atoms. The molecule has 310 valence electrons. The Balaban J connectivity index is 1.13. The minimum atomic E-state index is 1.17. The fraction of sp³-hybridized carbons (Fsp3) is 0. The van der Waals surface area contributed by atoms with Crippen LogP contribution in [-0.4, -0.2) is 4.57 Å². The van der Waals surface area contributed by atoms with E-state index in [-0.39, 0.29) is 0 Å². The average Bonchev–Trinajstić information content (AvgIpc) is 3.92. The second kappa shape index (κ2) is 14.9. The maximum absolute atomic E-state index is 2.55. The summed E-state index contributed by atoms with van der Waals surface area (Å²) in [7, 11) is 0. The zero-order chi connectivity index (χ0) is 44.0. The van der Waals surface area contributed by atoms with Crippen molar-refractivity contribution in [3.05, 3.63) is 249 Å². The van der Waals surface area contributed by atoms with Crippen molar-refractivity contribution < 1.29 is 0 Å². The molecule has 0 N–H and O–H groups in total. The second-order valence-electron chi connectivity index (χ2n) is 17.8. The van der Waals surface area contributed by atoms with E-state index in [1.165, 1.54) is 138 Å². The van der Waals surface area contributed by atoms with Crippen LogP contribution in [0.25, 0.3) is 138 Å². The van der Waals surface area contributed by atoms with Gasteiger partial charge in [-0.3, -0.25) is 0 Å². The Kier molecular flexibility index (Phi) is 8.35. The van der Waals surface area contributed by atoms with Crippen LogP contribution in [0.5, 0.6) is 0 Å². The molecule has 1 aliphatic rings. The SMILES string of the molecule is c1ccc(-c2c(-c3ccccc3)c(-c3ccccc3)c3c(c2-c2ccccc2)-c2cccc4c(-n5c6cc(-c7cccc8ccccc78)ccc6c6c7ccccc7ccc65)ccc-3c24)cc1. The van der Waals surface area contributed by atoms with Gasteiger partial charge in [0.2, 0.25) is 0 Å². The molecule has 1 heterocycles. The highest BCUT2D eigenvalue weighted by atomic mass is 15.0. The van der Waals surface area contributed by atoms with Crippen molar-refractivity contribution in [2.24, 2.45) is 0 Å². The molecular weight excluding hydrogens is 807 g/mol. The Morgan fingerprint density at radius 1 is 0.224 bits per heavy atom. The maximum atomic E-state index is 2.55. The van der Waals surface area contributed by atoms with Crippen LogP contribution in [0.15, 0.2) is 249 Å². The highest BCUT2D eigenvalue weighted by Crippen LogP contribution is 2.61. The van der Waals surface area contributed by atoms with Crippen molar-refractivity contribution in [3.63, 3.8) is 0 Å². The van der Waals surface area contributed by atoms with Crippen molar-refractivity contribution in [3.8, 4) is 83.6 Å². The molecule has 14 rings (SSSR count). The smallest absolute Gasteiger partial charge is 0.0547 e. The summed E-state index contributed by atoms with van der Waals surface area (Å²) in [5.41, 5.74) is 20.9. The number of rotatable bonds is 6. The number of hydrogen-bond acceptors (Lipinski definition) is 0. The molecule has 1 aromatic heterocycles. The lowest BCUT2D eigenvalue weighted by molar-refractivity contribution is 1.20. The van der Waals surface area contributed by atoms with Gasteiger partial charge in [0.1, 0.15) is 0 Å². The second-order valence-corrected chi connectivity index (χ2v) is 17.8. The number of hydrogen-bond donors (Lipinski definition) is 0. The third-order valence-corrected chi connectivity index (χ3v) is 14.3. The standard InChI is InChI=1S/C66H41N/c1-5-21-44(22-6-1)59-60(45-23-7-2-8-24-45)62(47-27-11-4-12-28-47)66-55-38-40-56(52-33-18-34-54(63(52)55)65(66)61(59)46-25-9-3-10-26-46)67-57-39-36-43-20-14-16-31-51(43)64(57)53-37-35-48(41-58(53)67)50-32-17-29-42-19-13-15-30-49(42)50/h1-41H. The van der Waals surface area contributed by atoms with Crippen molar-refractivity contribution in [1.82, 2.24) is 4.57 Å². The summed E-state index contributed by atoms with van der Waals surface area (Å²) in [6.45, 7) is 0. The fourth-order valence-electron chi connectivity index (χ4n) is 11.6. The van der Waals surface area contributed by atoms with Gasteiger partial charge in [-0.15, -0.1) is 0 Å². The first-order valence-corrected chi connectivity index (χ1v) is 23.3. The van der Waals surface area contributed by atoms with Crippen LogP contribution in [0.1, 0.15) is 0 Å². The predicted molar refractivity (Wildman–Crippen MR) is 285 cm³/mol. The van der Waals surface area contributed by atoms with E-state index in [0.29, 0.717) is 0 Å². The Labute approximate surface area is 389 Å². The van der Waals surface area contributed by atoms with Crippen molar-refractivity contribution >= 4 is 54.1 Å². The Morgan fingerprint density at radius 2 is 0.687 bits per heavy atom.